The van der Waals surface area contributed by atoms with Gasteiger partial charge in [0.1, 0.15) is 10.9 Å². The third-order valence-corrected chi connectivity index (χ3v) is 5.81. The topological polar surface area (TPSA) is 65.7 Å². The fraction of sp³-hybridized carbons (Fsp3) is 0.368. The van der Waals surface area contributed by atoms with E-state index >= 15 is 0 Å². The summed E-state index contributed by atoms with van der Waals surface area (Å²) in [6, 6.07) is 12.2. The molecule has 0 radical (unpaired) electrons. The van der Waals surface area contributed by atoms with Crippen LogP contribution >= 0.6 is 11.3 Å². The number of nitriles is 1. The van der Waals surface area contributed by atoms with E-state index in [4.69, 9.17) is 4.98 Å². The molecule has 3 heterocycles. The van der Waals surface area contributed by atoms with Crippen molar-refractivity contribution in [1.29, 1.82) is 5.26 Å². The quantitative estimate of drug-likeness (QED) is 0.715. The SMILES string of the molecule is CC1CCN(c2nccc(C(C#N)c3nc4ccccc4s3)n2)CC1. The number of benzene rings is 1. The Morgan fingerprint density at radius 3 is 2.76 bits per heavy atom. The molecule has 1 aliphatic heterocycles. The van der Waals surface area contributed by atoms with E-state index in [1.165, 1.54) is 0 Å². The van der Waals surface area contributed by atoms with Gasteiger partial charge in [0.05, 0.1) is 22.0 Å². The maximum atomic E-state index is 9.74. The number of hydrogen-bond donors (Lipinski definition) is 0. The summed E-state index contributed by atoms with van der Waals surface area (Å²) in [5, 5.41) is 10.5. The summed E-state index contributed by atoms with van der Waals surface area (Å²) in [6.07, 6.45) is 4.08. The molecule has 2 aromatic heterocycles. The van der Waals surface area contributed by atoms with Gasteiger partial charge in [0.15, 0.2) is 0 Å². The lowest BCUT2D eigenvalue weighted by Crippen LogP contribution is -2.34. The highest BCUT2D eigenvalue weighted by Gasteiger charge is 2.23. The maximum absolute atomic E-state index is 9.74. The number of hydrogen-bond acceptors (Lipinski definition) is 6. The van der Waals surface area contributed by atoms with Crippen LogP contribution in [0.3, 0.4) is 0 Å². The van der Waals surface area contributed by atoms with Crippen LogP contribution in [0, 0.1) is 17.2 Å². The van der Waals surface area contributed by atoms with Crippen molar-refractivity contribution in [2.45, 2.75) is 25.7 Å². The summed E-state index contributed by atoms with van der Waals surface area (Å²) in [5.41, 5.74) is 1.66. The molecular weight excluding hydrogens is 330 g/mol. The number of para-hydroxylation sites is 1. The Morgan fingerprint density at radius 1 is 1.20 bits per heavy atom. The van der Waals surface area contributed by atoms with Crippen LogP contribution in [-0.4, -0.2) is 28.0 Å². The van der Waals surface area contributed by atoms with Crippen LogP contribution in [-0.2, 0) is 0 Å². The molecule has 1 saturated heterocycles. The van der Waals surface area contributed by atoms with Crippen LogP contribution in [0.4, 0.5) is 5.95 Å². The minimum absolute atomic E-state index is 0.456. The Labute approximate surface area is 151 Å². The Morgan fingerprint density at radius 2 is 2.00 bits per heavy atom. The second kappa shape index (κ2) is 6.77. The number of aromatic nitrogens is 3. The second-order valence-electron chi connectivity index (χ2n) is 6.53. The van der Waals surface area contributed by atoms with Crippen molar-refractivity contribution in [3.05, 3.63) is 47.2 Å². The van der Waals surface area contributed by atoms with E-state index in [9.17, 15) is 5.26 Å². The highest BCUT2D eigenvalue weighted by atomic mass is 32.1. The number of piperidine rings is 1. The van der Waals surface area contributed by atoms with Crippen molar-refractivity contribution in [2.75, 3.05) is 18.0 Å². The van der Waals surface area contributed by atoms with Crippen LogP contribution in [0.5, 0.6) is 0 Å². The van der Waals surface area contributed by atoms with Gasteiger partial charge in [0, 0.05) is 19.3 Å². The van der Waals surface area contributed by atoms with Gasteiger partial charge < -0.3 is 4.90 Å². The Hall–Kier alpha value is -2.52. The van der Waals surface area contributed by atoms with Crippen molar-refractivity contribution in [3.8, 4) is 6.07 Å². The highest BCUT2D eigenvalue weighted by molar-refractivity contribution is 7.18. The van der Waals surface area contributed by atoms with Crippen molar-refractivity contribution < 1.29 is 0 Å². The summed E-state index contributed by atoms with van der Waals surface area (Å²) in [5.74, 6) is 1.03. The zero-order valence-corrected chi connectivity index (χ0v) is 14.9. The molecule has 1 fully saturated rings. The van der Waals surface area contributed by atoms with E-state index in [1.54, 1.807) is 17.5 Å². The van der Waals surface area contributed by atoms with E-state index in [1.807, 2.05) is 30.3 Å². The third kappa shape index (κ3) is 3.20. The Bertz CT molecular complexity index is 888. The molecule has 6 heteroatoms. The number of nitrogens with zero attached hydrogens (tertiary/aromatic N) is 5. The minimum Gasteiger partial charge on any atom is -0.341 e. The first-order valence-electron chi connectivity index (χ1n) is 8.57. The number of anilines is 1. The summed E-state index contributed by atoms with van der Waals surface area (Å²) >= 11 is 1.56. The zero-order valence-electron chi connectivity index (χ0n) is 14.1. The molecule has 1 aromatic carbocycles. The minimum atomic E-state index is -0.456. The Kier molecular flexibility index (Phi) is 4.33. The van der Waals surface area contributed by atoms with Crippen molar-refractivity contribution in [2.24, 2.45) is 5.92 Å². The summed E-state index contributed by atoms with van der Waals surface area (Å²) in [4.78, 5) is 16.0. The molecule has 4 rings (SSSR count). The largest absolute Gasteiger partial charge is 0.341 e. The average Bonchev–Trinajstić information content (AvgIpc) is 3.07. The smallest absolute Gasteiger partial charge is 0.225 e. The monoisotopic (exact) mass is 349 g/mol. The fourth-order valence-corrected chi connectivity index (χ4v) is 4.17. The van der Waals surface area contributed by atoms with Crippen LogP contribution in [0.2, 0.25) is 0 Å². The van der Waals surface area contributed by atoms with Crippen LogP contribution in [0.15, 0.2) is 36.5 Å². The molecule has 0 aliphatic carbocycles. The summed E-state index contributed by atoms with van der Waals surface area (Å²) in [6.45, 7) is 4.24. The molecule has 1 unspecified atom stereocenters. The number of fused-ring (bicyclic) bond motifs is 1. The molecule has 0 N–H and O–H groups in total. The van der Waals surface area contributed by atoms with Gasteiger partial charge >= 0.3 is 0 Å². The first-order valence-corrected chi connectivity index (χ1v) is 9.39. The zero-order chi connectivity index (χ0) is 17.2. The highest BCUT2D eigenvalue weighted by Crippen LogP contribution is 2.31. The Balaban J connectivity index is 1.65. The van der Waals surface area contributed by atoms with Gasteiger partial charge in [0.25, 0.3) is 0 Å². The lowest BCUT2D eigenvalue weighted by molar-refractivity contribution is 0.434. The van der Waals surface area contributed by atoms with E-state index in [2.05, 4.69) is 27.9 Å². The molecule has 5 nitrogen and oxygen atoms in total. The van der Waals surface area contributed by atoms with Crippen LogP contribution in [0.25, 0.3) is 10.2 Å². The van der Waals surface area contributed by atoms with E-state index in [0.29, 0.717) is 0 Å². The van der Waals surface area contributed by atoms with Gasteiger partial charge in [-0.1, -0.05) is 19.1 Å². The predicted molar refractivity (Wildman–Crippen MR) is 99.7 cm³/mol. The first-order chi connectivity index (χ1) is 12.2. The molecule has 126 valence electrons. The molecule has 3 aromatic rings. The molecule has 0 spiro atoms. The van der Waals surface area contributed by atoms with E-state index in [-0.39, 0.29) is 0 Å². The van der Waals surface area contributed by atoms with Gasteiger partial charge in [-0.05, 0) is 37.0 Å². The number of rotatable bonds is 3. The fourth-order valence-electron chi connectivity index (χ4n) is 3.15. The van der Waals surface area contributed by atoms with Gasteiger partial charge in [0.2, 0.25) is 5.95 Å². The van der Waals surface area contributed by atoms with Crippen molar-refractivity contribution in [3.63, 3.8) is 0 Å². The van der Waals surface area contributed by atoms with Crippen molar-refractivity contribution in [1.82, 2.24) is 15.0 Å². The molecule has 1 atom stereocenters. The standard InChI is InChI=1S/C19H19N5S/c1-13-7-10-24(11-8-13)19-21-9-6-15(23-19)14(12-20)18-22-16-4-2-3-5-17(16)25-18/h2-6,9,13-14H,7-8,10-11H2,1H3. The van der Waals surface area contributed by atoms with E-state index in [0.717, 1.165) is 58.7 Å². The predicted octanol–water partition coefficient (Wildman–Crippen LogP) is 3.98. The lowest BCUT2D eigenvalue weighted by atomic mass is 10.00. The molecule has 0 saturated carbocycles. The molecule has 0 bridgehead atoms. The molecule has 25 heavy (non-hydrogen) atoms. The molecular formula is C19H19N5S. The van der Waals surface area contributed by atoms with E-state index < -0.39 is 5.92 Å². The van der Waals surface area contributed by atoms with Crippen LogP contribution in [0.1, 0.15) is 36.4 Å². The number of thiazole rings is 1. The second-order valence-corrected chi connectivity index (χ2v) is 7.60. The summed E-state index contributed by atoms with van der Waals surface area (Å²) in [7, 11) is 0. The van der Waals surface area contributed by atoms with Gasteiger partial charge in [-0.3, -0.25) is 0 Å². The normalized spacial score (nSPS) is 16.7. The molecule has 1 aliphatic rings. The maximum Gasteiger partial charge on any atom is 0.225 e. The third-order valence-electron chi connectivity index (χ3n) is 4.71. The average molecular weight is 349 g/mol. The first kappa shape index (κ1) is 16.0. The molecule has 0 amide bonds. The van der Waals surface area contributed by atoms with Gasteiger partial charge in [-0.2, -0.15) is 5.26 Å². The van der Waals surface area contributed by atoms with Crippen molar-refractivity contribution >= 4 is 27.5 Å². The lowest BCUT2D eigenvalue weighted by Gasteiger charge is -2.30. The van der Waals surface area contributed by atoms with Gasteiger partial charge in [-0.15, -0.1) is 11.3 Å². The summed E-state index contributed by atoms with van der Waals surface area (Å²) < 4.78 is 1.09. The van der Waals surface area contributed by atoms with Gasteiger partial charge in [-0.25, -0.2) is 15.0 Å². The van der Waals surface area contributed by atoms with Crippen LogP contribution < -0.4 is 4.90 Å².